The highest BCUT2D eigenvalue weighted by atomic mass is 32.1. The molecule has 140 valence electrons. The van der Waals surface area contributed by atoms with Gasteiger partial charge in [0, 0.05) is 36.9 Å². The molecule has 0 unspecified atom stereocenters. The van der Waals surface area contributed by atoms with Gasteiger partial charge in [0.05, 0.1) is 18.7 Å². The number of nitrogens with zero attached hydrogens (tertiary/aromatic N) is 2. The average Bonchev–Trinajstić information content (AvgIpc) is 3.30. The minimum atomic E-state index is -0.476. The van der Waals surface area contributed by atoms with Crippen molar-refractivity contribution in [1.82, 2.24) is 9.97 Å². The average molecular weight is 387 g/mol. The third-order valence-corrected chi connectivity index (χ3v) is 6.16. The molecule has 1 spiro atoms. The molecular weight excluding hydrogens is 369 g/mol. The number of nitrogens with one attached hydrogen (secondary N) is 1. The Kier molecular flexibility index (Phi) is 3.99. The summed E-state index contributed by atoms with van der Waals surface area (Å²) in [5, 5.41) is 1.86. The highest BCUT2D eigenvalue weighted by molar-refractivity contribution is 7.17. The van der Waals surface area contributed by atoms with Crippen molar-refractivity contribution in [1.29, 1.82) is 0 Å². The number of halogens is 1. The predicted octanol–water partition coefficient (Wildman–Crippen LogP) is 3.13. The van der Waals surface area contributed by atoms with Crippen LogP contribution in [0.4, 0.5) is 10.3 Å². The molecule has 0 amide bonds. The lowest BCUT2D eigenvalue weighted by molar-refractivity contribution is -0.169. The van der Waals surface area contributed by atoms with Crippen LogP contribution in [0.25, 0.3) is 21.3 Å². The summed E-state index contributed by atoms with van der Waals surface area (Å²) in [6.07, 6.45) is 1.46. The Hall–Kier alpha value is -2.29. The van der Waals surface area contributed by atoms with Gasteiger partial charge in [-0.15, -0.1) is 11.3 Å². The number of thiophene rings is 1. The van der Waals surface area contributed by atoms with Crippen molar-refractivity contribution in [3.05, 3.63) is 45.8 Å². The first-order valence-corrected chi connectivity index (χ1v) is 9.82. The van der Waals surface area contributed by atoms with Crippen LogP contribution in [0.1, 0.15) is 12.8 Å². The maximum atomic E-state index is 13.6. The number of anilines is 1. The van der Waals surface area contributed by atoms with Crippen molar-refractivity contribution in [3.8, 4) is 11.1 Å². The fourth-order valence-corrected chi connectivity index (χ4v) is 4.68. The van der Waals surface area contributed by atoms with E-state index in [1.165, 1.54) is 23.5 Å². The van der Waals surface area contributed by atoms with E-state index < -0.39 is 5.79 Å². The van der Waals surface area contributed by atoms with Gasteiger partial charge in [0.25, 0.3) is 5.56 Å². The van der Waals surface area contributed by atoms with Crippen molar-refractivity contribution >= 4 is 27.5 Å². The fraction of sp³-hybridized carbons (Fsp3) is 0.368. The molecule has 3 aromatic rings. The summed E-state index contributed by atoms with van der Waals surface area (Å²) < 4.78 is 25.7. The number of benzene rings is 1. The van der Waals surface area contributed by atoms with Crippen LogP contribution >= 0.6 is 11.3 Å². The van der Waals surface area contributed by atoms with E-state index in [9.17, 15) is 9.18 Å². The number of ether oxygens (including phenoxy) is 2. The van der Waals surface area contributed by atoms with Crippen LogP contribution in [-0.2, 0) is 9.47 Å². The summed E-state index contributed by atoms with van der Waals surface area (Å²) in [6, 6.07) is 6.35. The van der Waals surface area contributed by atoms with E-state index in [4.69, 9.17) is 14.5 Å². The Labute approximate surface area is 158 Å². The number of fused-ring (bicyclic) bond motifs is 1. The first-order chi connectivity index (χ1) is 13.1. The molecule has 1 aromatic carbocycles. The van der Waals surface area contributed by atoms with Gasteiger partial charge >= 0.3 is 0 Å². The Morgan fingerprint density at radius 1 is 1.22 bits per heavy atom. The first-order valence-electron chi connectivity index (χ1n) is 8.94. The van der Waals surface area contributed by atoms with Crippen molar-refractivity contribution in [2.75, 3.05) is 31.2 Å². The summed E-state index contributed by atoms with van der Waals surface area (Å²) in [5.41, 5.74) is 1.93. The predicted molar refractivity (Wildman–Crippen MR) is 102 cm³/mol. The maximum absolute atomic E-state index is 13.6. The number of hydrogen-bond donors (Lipinski definition) is 1. The number of hydrogen-bond acceptors (Lipinski definition) is 6. The van der Waals surface area contributed by atoms with Crippen LogP contribution in [0, 0.1) is 5.82 Å². The van der Waals surface area contributed by atoms with E-state index in [-0.39, 0.29) is 11.4 Å². The lowest BCUT2D eigenvalue weighted by Crippen LogP contribution is -2.46. The second kappa shape index (κ2) is 6.40. The number of piperidine rings is 1. The molecule has 1 N–H and O–H groups in total. The van der Waals surface area contributed by atoms with E-state index >= 15 is 0 Å². The number of aromatic nitrogens is 2. The molecule has 2 fully saturated rings. The summed E-state index contributed by atoms with van der Waals surface area (Å²) in [5.74, 6) is -0.248. The largest absolute Gasteiger partial charge is 0.347 e. The number of aromatic amines is 1. The maximum Gasteiger partial charge on any atom is 0.270 e. The minimum absolute atomic E-state index is 0.170. The molecule has 0 saturated carbocycles. The third-order valence-electron chi connectivity index (χ3n) is 5.19. The highest BCUT2D eigenvalue weighted by Gasteiger charge is 2.40. The zero-order valence-corrected chi connectivity index (χ0v) is 15.4. The van der Waals surface area contributed by atoms with E-state index in [1.54, 1.807) is 6.07 Å². The molecule has 27 heavy (non-hydrogen) atoms. The third kappa shape index (κ3) is 2.93. The van der Waals surface area contributed by atoms with Gasteiger partial charge in [-0.2, -0.15) is 0 Å². The quantitative estimate of drug-likeness (QED) is 0.732. The van der Waals surface area contributed by atoms with E-state index in [0.29, 0.717) is 42.5 Å². The Morgan fingerprint density at radius 2 is 2.00 bits per heavy atom. The molecular formula is C19H18FN3O3S. The number of H-pyrrole nitrogens is 1. The second-order valence-corrected chi connectivity index (χ2v) is 7.70. The fourth-order valence-electron chi connectivity index (χ4n) is 3.77. The van der Waals surface area contributed by atoms with E-state index in [1.807, 2.05) is 16.3 Å². The highest BCUT2D eigenvalue weighted by Crippen LogP contribution is 2.34. The summed E-state index contributed by atoms with van der Waals surface area (Å²) in [7, 11) is 0. The minimum Gasteiger partial charge on any atom is -0.347 e. The van der Waals surface area contributed by atoms with E-state index in [0.717, 1.165) is 24.0 Å². The van der Waals surface area contributed by atoms with Gasteiger partial charge in [-0.1, -0.05) is 12.1 Å². The van der Waals surface area contributed by atoms with Crippen LogP contribution in [0.3, 0.4) is 0 Å². The Bertz CT molecular complexity index is 1050. The lowest BCUT2D eigenvalue weighted by atomic mass is 10.0. The molecule has 0 atom stereocenters. The molecule has 0 bridgehead atoms. The topological polar surface area (TPSA) is 67.5 Å². The smallest absolute Gasteiger partial charge is 0.270 e. The Morgan fingerprint density at radius 3 is 2.74 bits per heavy atom. The zero-order valence-electron chi connectivity index (χ0n) is 14.5. The molecule has 2 saturated heterocycles. The monoisotopic (exact) mass is 387 g/mol. The first kappa shape index (κ1) is 16.9. The van der Waals surface area contributed by atoms with Gasteiger partial charge < -0.3 is 14.4 Å². The van der Waals surface area contributed by atoms with Gasteiger partial charge in [-0.3, -0.25) is 9.78 Å². The zero-order chi connectivity index (χ0) is 18.4. The summed E-state index contributed by atoms with van der Waals surface area (Å²) in [6.45, 7) is 2.64. The van der Waals surface area contributed by atoms with Gasteiger partial charge in [0.1, 0.15) is 10.5 Å². The van der Waals surface area contributed by atoms with Crippen molar-refractivity contribution in [3.63, 3.8) is 0 Å². The van der Waals surface area contributed by atoms with Crippen LogP contribution < -0.4 is 10.5 Å². The molecule has 0 aliphatic carbocycles. The van der Waals surface area contributed by atoms with Crippen LogP contribution in [0.5, 0.6) is 0 Å². The molecule has 5 rings (SSSR count). The van der Waals surface area contributed by atoms with Gasteiger partial charge in [-0.25, -0.2) is 9.37 Å². The molecule has 2 aliphatic rings. The van der Waals surface area contributed by atoms with E-state index in [2.05, 4.69) is 4.98 Å². The SMILES string of the molecule is O=c1[nH]c(N2CCC3(CC2)OCCO3)nc2c(-c3cccc(F)c3)csc12. The van der Waals surface area contributed by atoms with Gasteiger partial charge in [-0.05, 0) is 17.7 Å². The van der Waals surface area contributed by atoms with Crippen LogP contribution in [-0.4, -0.2) is 42.1 Å². The summed E-state index contributed by atoms with van der Waals surface area (Å²) >= 11 is 1.32. The van der Waals surface area contributed by atoms with Crippen molar-refractivity contribution < 1.29 is 13.9 Å². The van der Waals surface area contributed by atoms with Crippen LogP contribution in [0.2, 0.25) is 0 Å². The second-order valence-electron chi connectivity index (χ2n) is 6.82. The van der Waals surface area contributed by atoms with Crippen LogP contribution in [0.15, 0.2) is 34.4 Å². The molecule has 8 heteroatoms. The molecule has 6 nitrogen and oxygen atoms in total. The van der Waals surface area contributed by atoms with Gasteiger partial charge in [0.15, 0.2) is 5.79 Å². The van der Waals surface area contributed by atoms with Crippen molar-refractivity contribution in [2.45, 2.75) is 18.6 Å². The molecule has 2 aromatic heterocycles. The summed E-state index contributed by atoms with van der Waals surface area (Å²) in [4.78, 5) is 22.2. The number of rotatable bonds is 2. The normalized spacial score (nSPS) is 19.2. The van der Waals surface area contributed by atoms with Gasteiger partial charge in [0.2, 0.25) is 5.95 Å². The van der Waals surface area contributed by atoms with Crippen molar-refractivity contribution in [2.24, 2.45) is 0 Å². The standard InChI is InChI=1S/C19H18FN3O3S/c20-13-3-1-2-12(10-13)14-11-27-16-15(14)21-18(22-17(16)24)23-6-4-19(5-7-23)25-8-9-26-19/h1-3,10-11H,4-9H2,(H,21,22,24). The molecule has 2 aliphatic heterocycles. The Balaban J connectivity index is 1.51. The molecule has 0 radical (unpaired) electrons. The molecule has 4 heterocycles. The lowest BCUT2D eigenvalue weighted by Gasteiger charge is -2.37.